The Morgan fingerprint density at radius 3 is 0.960 bits per heavy atom. The Hall–Kier alpha value is -7.77. The van der Waals surface area contributed by atoms with Crippen molar-refractivity contribution in [3.8, 4) is 0 Å². The minimum absolute atomic E-state index is 0.0626. The largest absolute Gasteiger partial charge is 0.390 e. The van der Waals surface area contributed by atoms with Crippen LogP contribution in [0.15, 0.2) is 142 Å². The van der Waals surface area contributed by atoms with Gasteiger partial charge in [0, 0.05) is 105 Å². The summed E-state index contributed by atoms with van der Waals surface area (Å²) in [5.41, 5.74) is 27.6. The molecule has 27 heteroatoms. The number of hydrogen-bond acceptors (Lipinski definition) is 21. The molecular formula is C72H75Br3N18O6. The highest BCUT2D eigenvalue weighted by molar-refractivity contribution is 9.11. The highest BCUT2D eigenvalue weighted by Crippen LogP contribution is 2.56. The van der Waals surface area contributed by atoms with Gasteiger partial charge in [0.25, 0.3) is 0 Å². The number of nitrogen functional groups attached to an aromatic ring is 3. The van der Waals surface area contributed by atoms with Gasteiger partial charge in [0.15, 0.2) is 0 Å². The number of pyridine rings is 3. The Morgan fingerprint density at radius 1 is 0.394 bits per heavy atom. The number of rotatable bonds is 6. The molecule has 18 rings (SSSR count). The lowest BCUT2D eigenvalue weighted by Crippen LogP contribution is -2.38. The lowest BCUT2D eigenvalue weighted by molar-refractivity contribution is -0.0218. The Bertz CT molecular complexity index is 4670. The maximum Gasteiger partial charge on any atom is 0.143 e. The van der Waals surface area contributed by atoms with Crippen molar-refractivity contribution >= 4 is 131 Å². The Kier molecular flexibility index (Phi) is 16.7. The zero-order valence-corrected chi connectivity index (χ0v) is 59.1. The van der Waals surface area contributed by atoms with Gasteiger partial charge in [-0.05, 0) is 178 Å². The number of nitrogens with two attached hydrogens (primary N) is 3. The van der Waals surface area contributed by atoms with E-state index in [4.69, 9.17) is 17.2 Å². The maximum absolute atomic E-state index is 11.2. The molecule has 3 saturated carbocycles. The molecule has 510 valence electrons. The third-order valence-electron chi connectivity index (χ3n) is 22.7. The first-order valence-corrected chi connectivity index (χ1v) is 35.7. The van der Waals surface area contributed by atoms with Gasteiger partial charge in [-0.1, -0.05) is 36.4 Å². The van der Waals surface area contributed by atoms with Crippen LogP contribution in [0.3, 0.4) is 0 Å². The van der Waals surface area contributed by atoms with Crippen LogP contribution in [-0.2, 0) is 0 Å². The van der Waals surface area contributed by atoms with E-state index in [0.717, 1.165) is 132 Å². The van der Waals surface area contributed by atoms with Gasteiger partial charge in [0.05, 0.1) is 83.5 Å². The highest BCUT2D eigenvalue weighted by Gasteiger charge is 2.59. The highest BCUT2D eigenvalue weighted by atomic mass is 79.9. The quantitative estimate of drug-likeness (QED) is 0.0738. The van der Waals surface area contributed by atoms with Crippen molar-refractivity contribution in [2.24, 2.45) is 16.2 Å². The second kappa shape index (κ2) is 25.1. The van der Waals surface area contributed by atoms with Gasteiger partial charge in [-0.3, -0.25) is 0 Å². The molecule has 0 amide bonds. The first kappa shape index (κ1) is 65.8. The second-order valence-electron chi connectivity index (χ2n) is 28.3. The molecule has 3 aromatic carbocycles. The van der Waals surface area contributed by atoms with Gasteiger partial charge in [-0.2, -0.15) is 0 Å². The number of aryl methyl sites for hydroxylation is 3. The molecule has 6 aliphatic rings. The second-order valence-corrected chi connectivity index (χ2v) is 30.9. The molecule has 12 heterocycles. The SMILES string of the molecule is Cc1ncnc2c1ccn2[C@@H]1C[C@@]2(CN[C@@H](c3ccc4cc(Br)c(N)nc4c3)C2)[C@@H](O)[C@H]1O.Cc1ncnc2c1ccn2[C@@H]1C[C@@]2(CN[C@@H](c3ccc4cc(Br)c(N)nc4c3)C2)[C@@H](O)[C@H]1O.Cc1ncnc2c1ccn2[C@@H]1C[C@@]2(CN[C@H](c3ccc4cc(Br)c(N)nc4c3)C2)[C@@H](O)[C@H]1O. The molecule has 15 atom stereocenters. The fourth-order valence-corrected chi connectivity index (χ4v) is 18.2. The summed E-state index contributed by atoms with van der Waals surface area (Å²) in [5.74, 6) is 1.39. The van der Waals surface area contributed by atoms with Crippen LogP contribution in [0.2, 0.25) is 0 Å². The normalized spacial score (nSPS) is 29.6. The summed E-state index contributed by atoms with van der Waals surface area (Å²) in [6, 6.07) is 29.9. The van der Waals surface area contributed by atoms with Gasteiger partial charge in [-0.15, -0.1) is 0 Å². The van der Waals surface area contributed by atoms with Gasteiger partial charge >= 0.3 is 0 Å². The van der Waals surface area contributed by atoms with Gasteiger partial charge < -0.3 is 77.5 Å². The van der Waals surface area contributed by atoms with Crippen molar-refractivity contribution in [1.82, 2.24) is 74.5 Å². The predicted molar refractivity (Wildman–Crippen MR) is 389 cm³/mol. The zero-order valence-electron chi connectivity index (χ0n) is 54.3. The van der Waals surface area contributed by atoms with Crippen LogP contribution in [0, 0.1) is 37.0 Å². The summed E-state index contributed by atoms with van der Waals surface area (Å²) in [4.78, 5) is 39.7. The molecule has 15 N–H and O–H groups in total. The van der Waals surface area contributed by atoms with Crippen LogP contribution in [-0.4, -0.2) is 145 Å². The molecule has 3 aliphatic heterocycles. The third-order valence-corrected chi connectivity index (χ3v) is 24.6. The van der Waals surface area contributed by atoms with Crippen LogP contribution in [0.4, 0.5) is 17.5 Å². The average molecular weight is 1530 g/mol. The summed E-state index contributed by atoms with van der Waals surface area (Å²) < 4.78 is 8.36. The number of aliphatic hydroxyl groups excluding tert-OH is 6. The predicted octanol–water partition coefficient (Wildman–Crippen LogP) is 9.06. The Balaban J connectivity index is 0.000000116. The number of nitrogens with one attached hydrogen (secondary N) is 3. The van der Waals surface area contributed by atoms with Crippen LogP contribution in [0.1, 0.15) is 109 Å². The molecule has 0 bridgehead atoms. The van der Waals surface area contributed by atoms with Crippen molar-refractivity contribution in [1.29, 1.82) is 0 Å². The number of benzene rings is 3. The van der Waals surface area contributed by atoms with Crippen LogP contribution >= 0.6 is 47.8 Å². The van der Waals surface area contributed by atoms with Gasteiger partial charge in [-0.25, -0.2) is 44.9 Å². The number of aromatic nitrogens is 12. The average Bonchev–Trinajstić information content (AvgIpc) is 1.69. The van der Waals surface area contributed by atoms with Crippen molar-refractivity contribution < 1.29 is 30.6 Å². The number of halogens is 3. The minimum Gasteiger partial charge on any atom is -0.390 e. The topological polar surface area (TPSA) is 366 Å². The maximum atomic E-state index is 11.2. The van der Waals surface area contributed by atoms with Gasteiger partial charge in [0.1, 0.15) is 71.7 Å². The van der Waals surface area contributed by atoms with E-state index in [1.54, 1.807) is 19.0 Å². The molecule has 24 nitrogen and oxygen atoms in total. The van der Waals surface area contributed by atoms with E-state index in [-0.39, 0.29) is 36.3 Å². The zero-order chi connectivity index (χ0) is 68.7. The summed E-state index contributed by atoms with van der Waals surface area (Å²) in [6.07, 6.45) is 9.58. The lowest BCUT2D eigenvalue weighted by atomic mass is 9.80. The summed E-state index contributed by atoms with van der Waals surface area (Å²) in [6.45, 7) is 7.75. The monoisotopic (exact) mass is 1520 g/mol. The lowest BCUT2D eigenvalue weighted by Gasteiger charge is -2.27. The first-order chi connectivity index (χ1) is 47.6. The third kappa shape index (κ3) is 11.2. The molecule has 0 radical (unpaired) electrons. The Labute approximate surface area is 593 Å². The molecule has 9 aromatic heterocycles. The minimum atomic E-state index is -0.869. The van der Waals surface area contributed by atoms with E-state index in [1.807, 2.05) is 108 Å². The smallest absolute Gasteiger partial charge is 0.143 e. The van der Waals surface area contributed by atoms with Crippen LogP contribution < -0.4 is 33.2 Å². The number of nitrogens with zero attached hydrogens (tertiary/aromatic N) is 12. The van der Waals surface area contributed by atoms with Gasteiger partial charge in [0.2, 0.25) is 0 Å². The Morgan fingerprint density at radius 2 is 0.677 bits per heavy atom. The molecule has 99 heavy (non-hydrogen) atoms. The van der Waals surface area contributed by atoms with Crippen molar-refractivity contribution in [2.75, 3.05) is 36.8 Å². The van der Waals surface area contributed by atoms with E-state index >= 15 is 0 Å². The number of aliphatic hydroxyl groups is 6. The van der Waals surface area contributed by atoms with E-state index in [1.165, 1.54) is 0 Å². The fraction of sp³-hybridized carbons (Fsp3) is 0.375. The van der Waals surface area contributed by atoms with E-state index in [2.05, 4.69) is 145 Å². The summed E-state index contributed by atoms with van der Waals surface area (Å²) >= 11 is 10.3. The van der Waals surface area contributed by atoms with Crippen molar-refractivity contribution in [3.63, 3.8) is 0 Å². The standard InChI is InChI=1S/3C24H25BrN6O2/c3*1-12-15-4-5-31(23(15)29-11-28-12)19-9-24(21(33)20(19)32)8-18(27-10-24)14-3-2-13-6-16(25)22(26)30-17(13)7-14/h3*2-7,11,18-21,27,32-33H,8-10H2,1H3,(H2,26,30)/t18-,19+,20-,21-,24-;2*18-,19-,20+,21+,24+/m011/s1. The van der Waals surface area contributed by atoms with E-state index in [9.17, 15) is 30.6 Å². The van der Waals surface area contributed by atoms with Crippen molar-refractivity contribution in [2.45, 2.75) is 132 Å². The fourth-order valence-electron chi connectivity index (χ4n) is 17.2. The van der Waals surface area contributed by atoms with E-state index in [0.29, 0.717) is 56.4 Å². The van der Waals surface area contributed by atoms with Crippen LogP contribution in [0.25, 0.3) is 65.8 Å². The molecular weight excluding hydrogens is 1450 g/mol. The van der Waals surface area contributed by atoms with E-state index < -0.39 is 52.9 Å². The van der Waals surface area contributed by atoms with Crippen molar-refractivity contribution in [3.05, 3.63) is 176 Å². The number of hydrogen-bond donors (Lipinski definition) is 12. The molecule has 3 saturated heterocycles. The number of fused-ring (bicyclic) bond motifs is 6. The molecule has 3 aliphatic carbocycles. The molecule has 12 aromatic rings. The summed E-state index contributed by atoms with van der Waals surface area (Å²) in [7, 11) is 0. The first-order valence-electron chi connectivity index (χ1n) is 33.3. The molecule has 0 unspecified atom stereocenters. The summed E-state index contributed by atoms with van der Waals surface area (Å²) in [5, 5.41) is 83.4. The number of anilines is 3. The van der Waals surface area contributed by atoms with Crippen LogP contribution in [0.5, 0.6) is 0 Å². The molecule has 6 fully saturated rings. The molecule has 3 spiro atoms.